The molecule has 2 aliphatic rings. The van der Waals surface area contributed by atoms with Crippen LogP contribution in [0.25, 0.3) is 22.3 Å². The highest BCUT2D eigenvalue weighted by atomic mass is 16.6. The van der Waals surface area contributed by atoms with Gasteiger partial charge in [-0.25, -0.2) is 9.97 Å². The van der Waals surface area contributed by atoms with Gasteiger partial charge in [0.2, 0.25) is 0 Å². The molecule has 1 saturated heterocycles. The maximum Gasteiger partial charge on any atom is 0.162 e. The van der Waals surface area contributed by atoms with Crippen molar-refractivity contribution in [3.05, 3.63) is 30.1 Å². The molecule has 0 radical (unpaired) electrons. The number of rotatable bonds is 2. The third kappa shape index (κ3) is 2.66. The second-order valence-electron chi connectivity index (χ2n) is 6.94. The molecule has 3 aromatic rings. The molecule has 0 aliphatic carbocycles. The quantitative estimate of drug-likeness (QED) is 0.764. The standard InChI is InChI=1S/C20H22N4O2/c1-13-21-16-12-15(14-5-6-17-18(11-14)26-10-9-25-17)23-19(16)20(22-13)24-7-3-2-4-8-24/h5-6,11-12,23H,2-4,7-10H2,1H3. The van der Waals surface area contributed by atoms with Crippen LogP contribution in [0.15, 0.2) is 24.3 Å². The second kappa shape index (κ2) is 6.20. The minimum atomic E-state index is 0.590. The van der Waals surface area contributed by atoms with E-state index >= 15 is 0 Å². The highest BCUT2D eigenvalue weighted by molar-refractivity contribution is 5.91. The number of nitrogens with zero attached hydrogens (tertiary/aromatic N) is 3. The Balaban J connectivity index is 1.59. The number of benzene rings is 1. The summed E-state index contributed by atoms with van der Waals surface area (Å²) in [5, 5.41) is 0. The fourth-order valence-corrected chi connectivity index (χ4v) is 3.81. The number of piperidine rings is 1. The van der Waals surface area contributed by atoms with Gasteiger partial charge in [0.15, 0.2) is 17.3 Å². The molecule has 2 aliphatic heterocycles. The molecule has 6 heteroatoms. The smallest absolute Gasteiger partial charge is 0.162 e. The Bertz CT molecular complexity index is 960. The van der Waals surface area contributed by atoms with E-state index in [4.69, 9.17) is 14.5 Å². The van der Waals surface area contributed by atoms with E-state index in [0.29, 0.717) is 13.2 Å². The number of anilines is 1. The van der Waals surface area contributed by atoms with Gasteiger partial charge in [-0.05, 0) is 50.5 Å². The minimum absolute atomic E-state index is 0.590. The molecule has 1 N–H and O–H groups in total. The van der Waals surface area contributed by atoms with Crippen molar-refractivity contribution in [2.45, 2.75) is 26.2 Å². The summed E-state index contributed by atoms with van der Waals surface area (Å²) in [6, 6.07) is 8.15. The molecule has 26 heavy (non-hydrogen) atoms. The highest BCUT2D eigenvalue weighted by Gasteiger charge is 2.19. The Morgan fingerprint density at radius 3 is 2.62 bits per heavy atom. The zero-order chi connectivity index (χ0) is 17.5. The maximum atomic E-state index is 5.72. The van der Waals surface area contributed by atoms with Crippen LogP contribution in [0.4, 0.5) is 5.82 Å². The van der Waals surface area contributed by atoms with E-state index in [9.17, 15) is 0 Å². The molecule has 1 fully saturated rings. The number of hydrogen-bond acceptors (Lipinski definition) is 5. The van der Waals surface area contributed by atoms with Gasteiger partial charge in [0, 0.05) is 24.3 Å². The number of aromatic amines is 1. The maximum absolute atomic E-state index is 5.72. The summed E-state index contributed by atoms with van der Waals surface area (Å²) in [6.45, 7) is 5.28. The number of nitrogens with one attached hydrogen (secondary N) is 1. The average molecular weight is 350 g/mol. The van der Waals surface area contributed by atoms with Gasteiger partial charge in [0.25, 0.3) is 0 Å². The molecule has 0 bridgehead atoms. The van der Waals surface area contributed by atoms with Crippen molar-refractivity contribution in [1.29, 1.82) is 0 Å². The molecular weight excluding hydrogens is 328 g/mol. The molecule has 1 aromatic carbocycles. The van der Waals surface area contributed by atoms with Gasteiger partial charge in [0.1, 0.15) is 24.6 Å². The monoisotopic (exact) mass is 350 g/mol. The van der Waals surface area contributed by atoms with Crippen LogP contribution in [0.2, 0.25) is 0 Å². The Labute approximate surface area is 152 Å². The minimum Gasteiger partial charge on any atom is -0.486 e. The summed E-state index contributed by atoms with van der Waals surface area (Å²) in [5.74, 6) is 3.44. The predicted octanol–water partition coefficient (Wildman–Crippen LogP) is 3.69. The molecule has 134 valence electrons. The van der Waals surface area contributed by atoms with Crippen molar-refractivity contribution >= 4 is 16.9 Å². The summed E-state index contributed by atoms with van der Waals surface area (Å²) in [5.41, 5.74) is 4.06. The van der Waals surface area contributed by atoms with Crippen molar-refractivity contribution in [2.24, 2.45) is 0 Å². The van der Waals surface area contributed by atoms with E-state index in [1.165, 1.54) is 19.3 Å². The molecule has 0 amide bonds. The predicted molar refractivity (Wildman–Crippen MR) is 101 cm³/mol. The first-order chi connectivity index (χ1) is 12.8. The first-order valence-corrected chi connectivity index (χ1v) is 9.30. The summed E-state index contributed by atoms with van der Waals surface area (Å²) in [6.07, 6.45) is 3.75. The van der Waals surface area contributed by atoms with Crippen LogP contribution in [-0.2, 0) is 0 Å². The molecule has 2 aromatic heterocycles. The van der Waals surface area contributed by atoms with E-state index < -0.39 is 0 Å². The third-order valence-corrected chi connectivity index (χ3v) is 5.08. The van der Waals surface area contributed by atoms with Crippen LogP contribution in [0.3, 0.4) is 0 Å². The van der Waals surface area contributed by atoms with E-state index in [2.05, 4.69) is 27.0 Å². The van der Waals surface area contributed by atoms with Crippen molar-refractivity contribution in [3.63, 3.8) is 0 Å². The molecule has 4 heterocycles. The van der Waals surface area contributed by atoms with Crippen LogP contribution in [0, 0.1) is 6.92 Å². The first kappa shape index (κ1) is 15.5. The van der Waals surface area contributed by atoms with Crippen molar-refractivity contribution in [1.82, 2.24) is 15.0 Å². The lowest BCUT2D eigenvalue weighted by molar-refractivity contribution is 0.171. The Morgan fingerprint density at radius 1 is 0.962 bits per heavy atom. The van der Waals surface area contributed by atoms with E-state index in [1.807, 2.05) is 19.1 Å². The number of H-pyrrole nitrogens is 1. The van der Waals surface area contributed by atoms with Gasteiger partial charge in [-0.1, -0.05) is 0 Å². The van der Waals surface area contributed by atoms with Crippen molar-refractivity contribution in [3.8, 4) is 22.8 Å². The van der Waals surface area contributed by atoms with Gasteiger partial charge in [-0.3, -0.25) is 0 Å². The lowest BCUT2D eigenvalue weighted by Gasteiger charge is -2.28. The lowest BCUT2D eigenvalue weighted by atomic mass is 10.1. The van der Waals surface area contributed by atoms with Crippen molar-refractivity contribution < 1.29 is 9.47 Å². The van der Waals surface area contributed by atoms with Gasteiger partial charge < -0.3 is 19.4 Å². The zero-order valence-corrected chi connectivity index (χ0v) is 14.9. The molecular formula is C20H22N4O2. The Morgan fingerprint density at radius 2 is 1.77 bits per heavy atom. The van der Waals surface area contributed by atoms with Crippen LogP contribution in [0.1, 0.15) is 25.1 Å². The van der Waals surface area contributed by atoms with E-state index in [1.54, 1.807) is 0 Å². The summed E-state index contributed by atoms with van der Waals surface area (Å²) in [4.78, 5) is 15.3. The Hall–Kier alpha value is -2.76. The van der Waals surface area contributed by atoms with Gasteiger partial charge in [0.05, 0.1) is 5.52 Å². The summed E-state index contributed by atoms with van der Waals surface area (Å²) >= 11 is 0. The second-order valence-corrected chi connectivity index (χ2v) is 6.94. The Kier molecular flexibility index (Phi) is 3.69. The number of hydrogen-bond donors (Lipinski definition) is 1. The summed E-state index contributed by atoms with van der Waals surface area (Å²) in [7, 11) is 0. The highest BCUT2D eigenvalue weighted by Crippen LogP contribution is 2.36. The number of fused-ring (bicyclic) bond motifs is 2. The first-order valence-electron chi connectivity index (χ1n) is 9.30. The van der Waals surface area contributed by atoms with Gasteiger partial charge >= 0.3 is 0 Å². The van der Waals surface area contributed by atoms with Gasteiger partial charge in [-0.2, -0.15) is 0 Å². The fraction of sp³-hybridized carbons (Fsp3) is 0.400. The van der Waals surface area contributed by atoms with Crippen LogP contribution in [0.5, 0.6) is 11.5 Å². The van der Waals surface area contributed by atoms with Crippen LogP contribution < -0.4 is 14.4 Å². The number of ether oxygens (including phenoxy) is 2. The average Bonchev–Trinajstić information content (AvgIpc) is 3.11. The normalized spacial score (nSPS) is 16.9. The molecule has 0 atom stereocenters. The van der Waals surface area contributed by atoms with Crippen molar-refractivity contribution in [2.75, 3.05) is 31.2 Å². The van der Waals surface area contributed by atoms with E-state index in [0.717, 1.165) is 58.5 Å². The molecule has 5 rings (SSSR count). The van der Waals surface area contributed by atoms with Crippen LogP contribution in [-0.4, -0.2) is 41.3 Å². The number of aryl methyl sites for hydroxylation is 1. The summed E-state index contributed by atoms with van der Waals surface area (Å²) < 4.78 is 11.3. The molecule has 0 unspecified atom stereocenters. The zero-order valence-electron chi connectivity index (χ0n) is 14.9. The topological polar surface area (TPSA) is 63.3 Å². The lowest BCUT2D eigenvalue weighted by Crippen LogP contribution is -2.30. The molecule has 6 nitrogen and oxygen atoms in total. The fourth-order valence-electron chi connectivity index (χ4n) is 3.81. The van der Waals surface area contributed by atoms with Crippen LogP contribution >= 0.6 is 0 Å². The van der Waals surface area contributed by atoms with Gasteiger partial charge in [-0.15, -0.1) is 0 Å². The third-order valence-electron chi connectivity index (χ3n) is 5.08. The largest absolute Gasteiger partial charge is 0.486 e. The molecule has 0 saturated carbocycles. The van der Waals surface area contributed by atoms with E-state index in [-0.39, 0.29) is 0 Å². The molecule has 0 spiro atoms. The SMILES string of the molecule is Cc1nc(N2CCCCC2)c2[nH]c(-c3ccc4c(c3)OCCO4)cc2n1. The number of aromatic nitrogens is 3.